The molecule has 0 saturated carbocycles. The number of carbonyl (C=O) groups is 1. The van der Waals surface area contributed by atoms with Crippen LogP contribution >= 0.6 is 0 Å². The highest BCUT2D eigenvalue weighted by Crippen LogP contribution is 2.06. The third-order valence-electron chi connectivity index (χ3n) is 1.70. The maximum absolute atomic E-state index is 10.8. The minimum absolute atomic E-state index is 0.743. The number of rotatable bonds is 6. The van der Waals surface area contributed by atoms with Crippen molar-refractivity contribution >= 4 is 5.97 Å². The van der Waals surface area contributed by atoms with Crippen molar-refractivity contribution in [3.05, 3.63) is 12.8 Å². The highest BCUT2D eigenvalue weighted by atomic mass is 16.5. The Morgan fingerprint density at radius 1 is 1.27 bits per heavy atom. The summed E-state index contributed by atoms with van der Waals surface area (Å²) in [6.45, 7) is 2.23. The molecule has 0 heterocycles. The molecule has 0 saturated heterocycles. The van der Waals surface area contributed by atoms with Gasteiger partial charge in [-0.15, -0.1) is 0 Å². The fraction of sp³-hybridized carbons (Fsp3) is 0.625. The maximum atomic E-state index is 10.8. The van der Waals surface area contributed by atoms with E-state index in [2.05, 4.69) is 11.3 Å². The molecule has 0 bridgehead atoms. The summed E-state index contributed by atoms with van der Waals surface area (Å²) in [5, 5.41) is 44.8. The Hall–Kier alpha value is -0.990. The number of aliphatic hydroxyl groups is 5. The summed E-state index contributed by atoms with van der Waals surface area (Å²) >= 11 is 0. The minimum atomic E-state index is -2.03. The summed E-state index contributed by atoms with van der Waals surface area (Å²) in [5.74, 6) is -1.22. The van der Waals surface area contributed by atoms with Gasteiger partial charge in [-0.2, -0.15) is 0 Å². The second-order valence-corrected chi connectivity index (χ2v) is 2.78. The third kappa shape index (κ3) is 3.94. The van der Waals surface area contributed by atoms with Crippen molar-refractivity contribution in [3.63, 3.8) is 0 Å². The monoisotopic (exact) mass is 222 g/mol. The molecular weight excluding hydrogens is 208 g/mol. The van der Waals surface area contributed by atoms with Gasteiger partial charge in [0.25, 0.3) is 0 Å². The fourth-order valence-electron chi connectivity index (χ4n) is 0.814. The maximum Gasteiger partial charge on any atom is 0.342 e. The molecule has 0 amide bonds. The van der Waals surface area contributed by atoms with E-state index in [0.29, 0.717) is 0 Å². The number of hydrogen-bond donors (Lipinski definition) is 5. The average molecular weight is 222 g/mol. The molecule has 0 fully saturated rings. The molecule has 0 rings (SSSR count). The van der Waals surface area contributed by atoms with Crippen LogP contribution in [0.2, 0.25) is 0 Å². The topological polar surface area (TPSA) is 127 Å². The van der Waals surface area contributed by atoms with Crippen LogP contribution in [0.5, 0.6) is 0 Å². The normalized spacial score (nSPS) is 18.7. The summed E-state index contributed by atoms with van der Waals surface area (Å²) < 4.78 is 4.15. The number of hydrogen-bond acceptors (Lipinski definition) is 7. The standard InChI is InChI=1S/C8H14O7/c1-2-15-8(14)7(13)6(12)5(11)4(10)3-9/h2,4-7,9-13H,1,3H2/t4-,5-,6+,7-/m1/s1. The van der Waals surface area contributed by atoms with E-state index in [-0.39, 0.29) is 0 Å². The van der Waals surface area contributed by atoms with Crippen molar-refractivity contribution in [2.75, 3.05) is 6.61 Å². The van der Waals surface area contributed by atoms with Gasteiger partial charge in [0.05, 0.1) is 12.9 Å². The lowest BCUT2D eigenvalue weighted by molar-refractivity contribution is -0.165. The van der Waals surface area contributed by atoms with Crippen molar-refractivity contribution in [1.29, 1.82) is 0 Å². The van der Waals surface area contributed by atoms with Gasteiger partial charge < -0.3 is 30.3 Å². The smallest absolute Gasteiger partial charge is 0.342 e. The van der Waals surface area contributed by atoms with Gasteiger partial charge in [0.1, 0.15) is 18.3 Å². The van der Waals surface area contributed by atoms with E-state index in [1.54, 1.807) is 0 Å². The van der Waals surface area contributed by atoms with Crippen LogP contribution in [0, 0.1) is 0 Å². The molecule has 88 valence electrons. The molecular formula is C8H14O7. The minimum Gasteiger partial charge on any atom is -0.433 e. The number of esters is 1. The third-order valence-corrected chi connectivity index (χ3v) is 1.70. The fourth-order valence-corrected chi connectivity index (χ4v) is 0.814. The van der Waals surface area contributed by atoms with E-state index in [1.165, 1.54) is 0 Å². The van der Waals surface area contributed by atoms with Crippen molar-refractivity contribution < 1.29 is 35.1 Å². The Morgan fingerprint density at radius 3 is 2.20 bits per heavy atom. The van der Waals surface area contributed by atoms with E-state index >= 15 is 0 Å². The van der Waals surface area contributed by atoms with Crippen LogP contribution in [-0.2, 0) is 9.53 Å². The SMILES string of the molecule is C=COC(=O)[C@H](O)[C@@H](O)[C@H](O)[C@H](O)CO. The molecule has 0 aliphatic carbocycles. The molecule has 0 aromatic carbocycles. The van der Waals surface area contributed by atoms with Gasteiger partial charge in [-0.1, -0.05) is 6.58 Å². The van der Waals surface area contributed by atoms with E-state index < -0.39 is 37.0 Å². The highest BCUT2D eigenvalue weighted by molar-refractivity contribution is 5.75. The van der Waals surface area contributed by atoms with Crippen molar-refractivity contribution in [3.8, 4) is 0 Å². The highest BCUT2D eigenvalue weighted by Gasteiger charge is 2.34. The van der Waals surface area contributed by atoms with Crippen molar-refractivity contribution in [2.45, 2.75) is 24.4 Å². The average Bonchev–Trinajstić information content (AvgIpc) is 2.25. The van der Waals surface area contributed by atoms with Crippen molar-refractivity contribution in [2.24, 2.45) is 0 Å². The first-order valence-corrected chi connectivity index (χ1v) is 4.10. The van der Waals surface area contributed by atoms with Crippen LogP contribution < -0.4 is 0 Å². The summed E-state index contributed by atoms with van der Waals surface area (Å²) in [6, 6.07) is 0. The summed E-state index contributed by atoms with van der Waals surface area (Å²) in [7, 11) is 0. The van der Waals surface area contributed by atoms with Crippen LogP contribution in [-0.4, -0.2) is 62.5 Å². The number of aliphatic hydroxyl groups excluding tert-OH is 5. The lowest BCUT2D eigenvalue weighted by Gasteiger charge is -2.23. The van der Waals surface area contributed by atoms with Gasteiger partial charge in [0, 0.05) is 0 Å². The number of ether oxygens (including phenoxy) is 1. The van der Waals surface area contributed by atoms with E-state index in [0.717, 1.165) is 6.26 Å². The van der Waals surface area contributed by atoms with Gasteiger partial charge >= 0.3 is 5.97 Å². The molecule has 0 aromatic heterocycles. The Morgan fingerprint density at radius 2 is 1.80 bits per heavy atom. The number of carbonyl (C=O) groups excluding carboxylic acids is 1. The predicted octanol–water partition coefficient (Wildman–Crippen LogP) is -2.89. The van der Waals surface area contributed by atoms with Gasteiger partial charge in [0.15, 0.2) is 6.10 Å². The summed E-state index contributed by atoms with van der Waals surface area (Å²) in [4.78, 5) is 10.8. The molecule has 0 radical (unpaired) electrons. The Balaban J connectivity index is 4.35. The van der Waals surface area contributed by atoms with Gasteiger partial charge in [-0.3, -0.25) is 0 Å². The van der Waals surface area contributed by atoms with Gasteiger partial charge in [-0.25, -0.2) is 4.79 Å². The molecule has 7 heteroatoms. The first kappa shape index (κ1) is 14.0. The second-order valence-electron chi connectivity index (χ2n) is 2.78. The first-order valence-electron chi connectivity index (χ1n) is 4.10. The van der Waals surface area contributed by atoms with E-state index in [1.807, 2.05) is 0 Å². The second kappa shape index (κ2) is 6.49. The Bertz CT molecular complexity index is 217. The molecule has 15 heavy (non-hydrogen) atoms. The van der Waals surface area contributed by atoms with Crippen LogP contribution in [0.1, 0.15) is 0 Å². The quantitative estimate of drug-likeness (QED) is 0.241. The van der Waals surface area contributed by atoms with Crippen LogP contribution in [0.3, 0.4) is 0 Å². The predicted molar refractivity (Wildman–Crippen MR) is 47.4 cm³/mol. The lowest BCUT2D eigenvalue weighted by Crippen LogP contribution is -2.48. The van der Waals surface area contributed by atoms with E-state index in [4.69, 9.17) is 20.4 Å². The summed E-state index contributed by atoms with van der Waals surface area (Å²) in [5.41, 5.74) is 0. The molecule has 7 nitrogen and oxygen atoms in total. The van der Waals surface area contributed by atoms with Gasteiger partial charge in [-0.05, 0) is 0 Å². The van der Waals surface area contributed by atoms with E-state index in [9.17, 15) is 9.90 Å². The van der Waals surface area contributed by atoms with Crippen LogP contribution in [0.4, 0.5) is 0 Å². The summed E-state index contributed by atoms with van der Waals surface area (Å²) in [6.07, 6.45) is -6.76. The zero-order valence-electron chi connectivity index (χ0n) is 7.85. The zero-order valence-corrected chi connectivity index (χ0v) is 7.85. The van der Waals surface area contributed by atoms with Crippen molar-refractivity contribution in [1.82, 2.24) is 0 Å². The van der Waals surface area contributed by atoms with Crippen LogP contribution in [0.15, 0.2) is 12.8 Å². The molecule has 0 aliphatic heterocycles. The molecule has 0 aliphatic rings. The first-order chi connectivity index (χ1) is 6.95. The molecule has 0 aromatic rings. The molecule has 0 unspecified atom stereocenters. The zero-order chi connectivity index (χ0) is 12.0. The van der Waals surface area contributed by atoms with Gasteiger partial charge in [0.2, 0.25) is 0 Å². The Labute approximate surface area is 85.9 Å². The molecule has 4 atom stereocenters. The Kier molecular flexibility index (Phi) is 6.06. The lowest BCUT2D eigenvalue weighted by atomic mass is 10.0. The molecule has 5 N–H and O–H groups in total. The van der Waals surface area contributed by atoms with Crippen LogP contribution in [0.25, 0.3) is 0 Å². The largest absolute Gasteiger partial charge is 0.433 e. The molecule has 0 spiro atoms.